The van der Waals surface area contributed by atoms with Crippen LogP contribution in [0.25, 0.3) is 0 Å². The fraction of sp³-hybridized carbons (Fsp3) is 1.00. The van der Waals surface area contributed by atoms with Crippen molar-refractivity contribution in [1.82, 2.24) is 4.90 Å². The summed E-state index contributed by atoms with van der Waals surface area (Å²) in [6.45, 7) is 9.11. The molecule has 0 saturated carbocycles. The number of alkyl halides is 1. The molecule has 0 heterocycles. The van der Waals surface area contributed by atoms with Crippen molar-refractivity contribution in [3.63, 3.8) is 0 Å². The van der Waals surface area contributed by atoms with E-state index in [1.165, 1.54) is 45.1 Å². The van der Waals surface area contributed by atoms with Gasteiger partial charge in [-0.15, -0.1) is 11.6 Å². The molecular formula is C13H28ClN. The molecule has 0 bridgehead atoms. The van der Waals surface area contributed by atoms with Crippen molar-refractivity contribution in [2.75, 3.05) is 19.0 Å². The first-order valence-corrected chi connectivity index (χ1v) is 7.13. The summed E-state index contributed by atoms with van der Waals surface area (Å²) in [7, 11) is 0. The van der Waals surface area contributed by atoms with Crippen molar-refractivity contribution in [2.45, 2.75) is 65.3 Å². The molecule has 0 unspecified atom stereocenters. The van der Waals surface area contributed by atoms with E-state index in [0.717, 1.165) is 18.5 Å². The monoisotopic (exact) mass is 233 g/mol. The van der Waals surface area contributed by atoms with Gasteiger partial charge in [0.25, 0.3) is 0 Å². The Kier molecular flexibility index (Phi) is 10.9. The van der Waals surface area contributed by atoms with Crippen LogP contribution in [0.15, 0.2) is 0 Å². The fourth-order valence-electron chi connectivity index (χ4n) is 2.13. The second-order valence-corrected chi connectivity index (χ2v) is 4.63. The van der Waals surface area contributed by atoms with E-state index in [9.17, 15) is 0 Å². The first-order valence-electron chi connectivity index (χ1n) is 6.60. The zero-order chi connectivity index (χ0) is 11.5. The Morgan fingerprint density at radius 3 is 2.07 bits per heavy atom. The van der Waals surface area contributed by atoms with Gasteiger partial charge in [-0.1, -0.05) is 40.0 Å². The number of rotatable bonds is 10. The quantitative estimate of drug-likeness (QED) is 0.402. The van der Waals surface area contributed by atoms with Crippen LogP contribution in [-0.4, -0.2) is 29.9 Å². The van der Waals surface area contributed by atoms with Gasteiger partial charge in [0.1, 0.15) is 0 Å². The van der Waals surface area contributed by atoms with Crippen molar-refractivity contribution in [1.29, 1.82) is 0 Å². The lowest BCUT2D eigenvalue weighted by Crippen LogP contribution is -2.36. The van der Waals surface area contributed by atoms with Crippen molar-refractivity contribution in [2.24, 2.45) is 0 Å². The highest BCUT2D eigenvalue weighted by atomic mass is 35.5. The summed E-state index contributed by atoms with van der Waals surface area (Å²) in [5.74, 6) is 0.768. The minimum atomic E-state index is 0.741. The Balaban J connectivity index is 3.80. The Labute approximate surface area is 101 Å². The maximum Gasteiger partial charge on any atom is 0.0351 e. The van der Waals surface area contributed by atoms with Crippen LogP contribution in [0.3, 0.4) is 0 Å². The molecule has 0 atom stereocenters. The predicted octanol–water partition coefficient (Wildman–Crippen LogP) is 4.30. The van der Waals surface area contributed by atoms with E-state index in [4.69, 9.17) is 11.6 Å². The lowest BCUT2D eigenvalue weighted by atomic mass is 10.1. The Morgan fingerprint density at radius 1 is 0.933 bits per heavy atom. The van der Waals surface area contributed by atoms with Gasteiger partial charge in [0, 0.05) is 18.5 Å². The molecule has 0 aliphatic rings. The largest absolute Gasteiger partial charge is 0.299 e. The second kappa shape index (κ2) is 10.8. The lowest BCUT2D eigenvalue weighted by molar-refractivity contribution is 0.192. The topological polar surface area (TPSA) is 3.24 Å². The third-order valence-corrected chi connectivity index (χ3v) is 3.30. The van der Waals surface area contributed by atoms with Gasteiger partial charge < -0.3 is 0 Å². The average molecular weight is 234 g/mol. The SMILES string of the molecule is CCCCCCN(CCCl)C(CC)CC. The average Bonchev–Trinajstić information content (AvgIpc) is 2.26. The van der Waals surface area contributed by atoms with Crippen LogP contribution in [0, 0.1) is 0 Å². The van der Waals surface area contributed by atoms with Crippen LogP contribution < -0.4 is 0 Å². The first-order chi connectivity index (χ1) is 7.29. The number of unbranched alkanes of at least 4 members (excludes halogenated alkanes) is 3. The van der Waals surface area contributed by atoms with Crippen LogP contribution >= 0.6 is 11.6 Å². The van der Waals surface area contributed by atoms with Gasteiger partial charge in [-0.2, -0.15) is 0 Å². The highest BCUT2D eigenvalue weighted by Gasteiger charge is 2.13. The summed E-state index contributed by atoms with van der Waals surface area (Å²) >= 11 is 5.85. The molecule has 0 rings (SSSR count). The molecule has 0 aromatic carbocycles. The molecule has 0 aromatic heterocycles. The molecule has 0 N–H and O–H groups in total. The van der Waals surface area contributed by atoms with Crippen molar-refractivity contribution >= 4 is 11.6 Å². The van der Waals surface area contributed by atoms with Crippen molar-refractivity contribution < 1.29 is 0 Å². The van der Waals surface area contributed by atoms with Gasteiger partial charge in [0.15, 0.2) is 0 Å². The molecule has 0 aliphatic heterocycles. The minimum absolute atomic E-state index is 0.741. The molecule has 0 radical (unpaired) electrons. The van der Waals surface area contributed by atoms with Crippen LogP contribution in [0.4, 0.5) is 0 Å². The third kappa shape index (κ3) is 7.19. The van der Waals surface area contributed by atoms with E-state index in [1.54, 1.807) is 0 Å². The zero-order valence-electron chi connectivity index (χ0n) is 10.8. The van der Waals surface area contributed by atoms with Gasteiger partial charge in [0.05, 0.1) is 0 Å². The molecule has 1 nitrogen and oxygen atoms in total. The van der Waals surface area contributed by atoms with E-state index in [1.807, 2.05) is 0 Å². The molecule has 92 valence electrons. The summed E-state index contributed by atoms with van der Waals surface area (Å²) in [6, 6.07) is 0.741. The maximum absolute atomic E-state index is 5.85. The third-order valence-electron chi connectivity index (χ3n) is 3.13. The summed E-state index contributed by atoms with van der Waals surface area (Å²) in [5, 5.41) is 0. The Hall–Kier alpha value is 0.250. The maximum atomic E-state index is 5.85. The van der Waals surface area contributed by atoms with Crippen LogP contribution in [0.1, 0.15) is 59.3 Å². The number of hydrogen-bond acceptors (Lipinski definition) is 1. The Bertz CT molecular complexity index is 124. The Morgan fingerprint density at radius 2 is 1.60 bits per heavy atom. The minimum Gasteiger partial charge on any atom is -0.299 e. The standard InChI is InChI=1S/C13H28ClN/c1-4-7-8-9-11-15(12-10-14)13(5-2)6-3/h13H,4-12H2,1-3H3. The summed E-state index contributed by atoms with van der Waals surface area (Å²) in [5.41, 5.74) is 0. The molecular weight excluding hydrogens is 206 g/mol. The van der Waals surface area contributed by atoms with E-state index in [0.29, 0.717) is 0 Å². The fourth-order valence-corrected chi connectivity index (χ4v) is 2.35. The van der Waals surface area contributed by atoms with Gasteiger partial charge in [-0.25, -0.2) is 0 Å². The summed E-state index contributed by atoms with van der Waals surface area (Å²) in [6.07, 6.45) is 7.90. The van der Waals surface area contributed by atoms with Crippen LogP contribution in [-0.2, 0) is 0 Å². The number of hydrogen-bond donors (Lipinski definition) is 0. The summed E-state index contributed by atoms with van der Waals surface area (Å²) in [4.78, 5) is 2.57. The van der Waals surface area contributed by atoms with Crippen molar-refractivity contribution in [3.8, 4) is 0 Å². The smallest absolute Gasteiger partial charge is 0.0351 e. The van der Waals surface area contributed by atoms with Gasteiger partial charge in [0.2, 0.25) is 0 Å². The first kappa shape index (κ1) is 15.2. The highest BCUT2D eigenvalue weighted by molar-refractivity contribution is 6.18. The molecule has 0 aliphatic carbocycles. The van der Waals surface area contributed by atoms with E-state index >= 15 is 0 Å². The van der Waals surface area contributed by atoms with Crippen molar-refractivity contribution in [3.05, 3.63) is 0 Å². The predicted molar refractivity (Wildman–Crippen MR) is 70.8 cm³/mol. The molecule has 2 heteroatoms. The molecule has 0 fully saturated rings. The molecule has 0 spiro atoms. The van der Waals surface area contributed by atoms with Gasteiger partial charge >= 0.3 is 0 Å². The van der Waals surface area contributed by atoms with Crippen LogP contribution in [0.2, 0.25) is 0 Å². The zero-order valence-corrected chi connectivity index (χ0v) is 11.5. The van der Waals surface area contributed by atoms with Crippen LogP contribution in [0.5, 0.6) is 0 Å². The van der Waals surface area contributed by atoms with E-state index in [2.05, 4.69) is 25.7 Å². The molecule has 15 heavy (non-hydrogen) atoms. The van der Waals surface area contributed by atoms with E-state index < -0.39 is 0 Å². The van der Waals surface area contributed by atoms with E-state index in [-0.39, 0.29) is 0 Å². The lowest BCUT2D eigenvalue weighted by Gasteiger charge is -2.29. The van der Waals surface area contributed by atoms with Gasteiger partial charge in [-0.3, -0.25) is 4.90 Å². The second-order valence-electron chi connectivity index (χ2n) is 4.26. The number of halogens is 1. The molecule has 0 amide bonds. The molecule has 0 saturated heterocycles. The molecule has 0 aromatic rings. The van der Waals surface area contributed by atoms with Gasteiger partial charge in [-0.05, 0) is 25.8 Å². The normalized spacial score (nSPS) is 11.6. The summed E-state index contributed by atoms with van der Waals surface area (Å²) < 4.78 is 0. The highest BCUT2D eigenvalue weighted by Crippen LogP contribution is 2.11. The number of nitrogens with zero attached hydrogens (tertiary/aromatic N) is 1.